The molecule has 0 fully saturated rings. The highest BCUT2D eigenvalue weighted by atomic mass is 16.2. The van der Waals surface area contributed by atoms with Gasteiger partial charge in [-0.15, -0.1) is 0 Å². The molecule has 0 spiro atoms. The average Bonchev–Trinajstić information content (AvgIpc) is 3.16. The maximum absolute atomic E-state index is 12.5. The van der Waals surface area contributed by atoms with Crippen molar-refractivity contribution in [2.45, 2.75) is 33.2 Å². The van der Waals surface area contributed by atoms with Crippen LogP contribution in [-0.2, 0) is 11.3 Å². The molecule has 3 aromatic rings. The molecule has 0 saturated heterocycles. The number of amides is 3. The second-order valence-corrected chi connectivity index (χ2v) is 7.18. The first-order valence-electron chi connectivity index (χ1n) is 9.71. The highest BCUT2D eigenvalue weighted by molar-refractivity contribution is 6.21. The Hall–Kier alpha value is -3.48. The van der Waals surface area contributed by atoms with Gasteiger partial charge in [-0.25, -0.2) is 4.98 Å². The van der Waals surface area contributed by atoms with Crippen molar-refractivity contribution in [3.63, 3.8) is 0 Å². The number of aryl methyl sites for hydroxylation is 2. The third-order valence-corrected chi connectivity index (χ3v) is 5.04. The molecular formula is C22H22N4O3. The van der Waals surface area contributed by atoms with Gasteiger partial charge in [0.25, 0.3) is 11.8 Å². The molecule has 7 heteroatoms. The second kappa shape index (κ2) is 7.50. The van der Waals surface area contributed by atoms with E-state index < -0.39 is 0 Å². The zero-order valence-electron chi connectivity index (χ0n) is 16.4. The Morgan fingerprint density at radius 3 is 2.59 bits per heavy atom. The minimum absolute atomic E-state index is 0.0137. The molecule has 0 atom stereocenters. The van der Waals surface area contributed by atoms with Gasteiger partial charge in [0.05, 0.1) is 22.2 Å². The first-order chi connectivity index (χ1) is 14.0. The molecule has 1 aromatic heterocycles. The maximum Gasteiger partial charge on any atom is 0.261 e. The molecule has 1 aliphatic heterocycles. The largest absolute Gasteiger partial charge is 0.310 e. The third-order valence-electron chi connectivity index (χ3n) is 5.04. The summed E-state index contributed by atoms with van der Waals surface area (Å²) in [5.74, 6) is -0.503. The number of anilines is 1. The van der Waals surface area contributed by atoms with Crippen molar-refractivity contribution in [1.29, 1.82) is 0 Å². The third kappa shape index (κ3) is 3.40. The number of nitrogens with zero attached hydrogens (tertiary/aromatic N) is 3. The summed E-state index contributed by atoms with van der Waals surface area (Å²) in [6, 6.07) is 12.9. The Morgan fingerprint density at radius 1 is 1.03 bits per heavy atom. The molecule has 0 unspecified atom stereocenters. The highest BCUT2D eigenvalue weighted by Crippen LogP contribution is 2.24. The second-order valence-electron chi connectivity index (χ2n) is 7.18. The van der Waals surface area contributed by atoms with Crippen molar-refractivity contribution in [3.05, 3.63) is 59.2 Å². The Kier molecular flexibility index (Phi) is 4.88. The molecule has 0 radical (unpaired) electrons. The number of hydrogen-bond acceptors (Lipinski definition) is 4. The monoisotopic (exact) mass is 390 g/mol. The molecule has 2 heterocycles. The molecular weight excluding hydrogens is 368 g/mol. The molecule has 4 rings (SSSR count). The molecule has 7 nitrogen and oxygen atoms in total. The number of hydrogen-bond donors (Lipinski definition) is 1. The van der Waals surface area contributed by atoms with Crippen LogP contribution in [0.25, 0.3) is 11.0 Å². The van der Waals surface area contributed by atoms with E-state index in [0.29, 0.717) is 17.1 Å². The van der Waals surface area contributed by atoms with Gasteiger partial charge in [-0.2, -0.15) is 0 Å². The molecule has 3 amide bonds. The van der Waals surface area contributed by atoms with Crippen LogP contribution in [0.5, 0.6) is 0 Å². The molecule has 1 N–H and O–H groups in total. The van der Waals surface area contributed by atoms with E-state index in [1.807, 2.05) is 35.8 Å². The van der Waals surface area contributed by atoms with Gasteiger partial charge in [-0.3, -0.25) is 24.6 Å². The minimum atomic E-state index is -0.351. The predicted molar refractivity (Wildman–Crippen MR) is 110 cm³/mol. The van der Waals surface area contributed by atoms with Crippen LogP contribution >= 0.6 is 0 Å². The summed E-state index contributed by atoms with van der Waals surface area (Å²) in [4.78, 5) is 43.2. The van der Waals surface area contributed by atoms with E-state index in [1.54, 1.807) is 18.2 Å². The van der Waals surface area contributed by atoms with Crippen molar-refractivity contribution in [3.8, 4) is 0 Å². The van der Waals surface area contributed by atoms with Crippen molar-refractivity contribution in [2.75, 3.05) is 11.9 Å². The van der Waals surface area contributed by atoms with Gasteiger partial charge in [0.2, 0.25) is 11.9 Å². The van der Waals surface area contributed by atoms with Gasteiger partial charge >= 0.3 is 0 Å². The smallest absolute Gasteiger partial charge is 0.261 e. The number of carbonyl (C=O) groups is 3. The van der Waals surface area contributed by atoms with E-state index in [-0.39, 0.29) is 30.7 Å². The first kappa shape index (κ1) is 18.9. The van der Waals surface area contributed by atoms with Crippen LogP contribution in [0, 0.1) is 6.92 Å². The highest BCUT2D eigenvalue weighted by Gasteiger charge is 2.35. The molecule has 0 bridgehead atoms. The van der Waals surface area contributed by atoms with E-state index >= 15 is 0 Å². The average molecular weight is 390 g/mol. The van der Waals surface area contributed by atoms with Crippen LogP contribution in [0.4, 0.5) is 5.95 Å². The number of para-hydroxylation sites is 2. The van der Waals surface area contributed by atoms with Crippen LogP contribution in [0.1, 0.15) is 46.0 Å². The standard InChI is InChI=1S/C22H22N4O3/c1-3-11-25-18-7-5-4-6-17(18)23-22(25)24-19(27)10-12-26-20(28)15-9-8-14(2)13-16(15)21(26)29/h4-9,13H,3,10-12H2,1-2H3,(H,23,24,27). The lowest BCUT2D eigenvalue weighted by atomic mass is 10.1. The molecule has 0 saturated carbocycles. The molecule has 29 heavy (non-hydrogen) atoms. The minimum Gasteiger partial charge on any atom is -0.310 e. The van der Waals surface area contributed by atoms with Crippen molar-refractivity contribution < 1.29 is 14.4 Å². The zero-order valence-corrected chi connectivity index (χ0v) is 16.4. The van der Waals surface area contributed by atoms with Gasteiger partial charge in [0.1, 0.15) is 0 Å². The fourth-order valence-electron chi connectivity index (χ4n) is 3.63. The summed E-state index contributed by atoms with van der Waals surface area (Å²) in [5.41, 5.74) is 3.48. The summed E-state index contributed by atoms with van der Waals surface area (Å²) >= 11 is 0. The van der Waals surface area contributed by atoms with Crippen LogP contribution < -0.4 is 5.32 Å². The van der Waals surface area contributed by atoms with E-state index in [2.05, 4.69) is 17.2 Å². The summed E-state index contributed by atoms with van der Waals surface area (Å²) in [6.45, 7) is 4.69. The fraction of sp³-hybridized carbons (Fsp3) is 0.273. The summed E-state index contributed by atoms with van der Waals surface area (Å²) in [7, 11) is 0. The maximum atomic E-state index is 12.5. The van der Waals surface area contributed by atoms with Crippen molar-refractivity contribution >= 4 is 34.7 Å². The number of fused-ring (bicyclic) bond motifs is 2. The number of aromatic nitrogens is 2. The lowest BCUT2D eigenvalue weighted by molar-refractivity contribution is -0.116. The normalized spacial score (nSPS) is 13.2. The van der Waals surface area contributed by atoms with Gasteiger partial charge in [-0.1, -0.05) is 30.7 Å². The molecule has 1 aliphatic rings. The van der Waals surface area contributed by atoms with Crippen LogP contribution in [0.2, 0.25) is 0 Å². The zero-order chi connectivity index (χ0) is 20.5. The van der Waals surface area contributed by atoms with Gasteiger partial charge < -0.3 is 4.57 Å². The summed E-state index contributed by atoms with van der Waals surface area (Å²) < 4.78 is 1.97. The quantitative estimate of drug-likeness (QED) is 0.654. The van der Waals surface area contributed by atoms with E-state index in [4.69, 9.17) is 0 Å². The Labute approximate surface area is 168 Å². The Bertz CT molecular complexity index is 1130. The molecule has 148 valence electrons. The SMILES string of the molecule is CCCn1c(NC(=O)CCN2C(=O)c3ccc(C)cc3C2=O)nc2ccccc21. The number of rotatable bonds is 6. The van der Waals surface area contributed by atoms with Crippen molar-refractivity contribution in [2.24, 2.45) is 0 Å². The Balaban J connectivity index is 1.46. The number of benzene rings is 2. The number of carbonyl (C=O) groups excluding carboxylic acids is 3. The predicted octanol–water partition coefficient (Wildman–Crippen LogP) is 3.38. The topological polar surface area (TPSA) is 84.3 Å². The lowest BCUT2D eigenvalue weighted by Gasteiger charge is -2.14. The number of imidazole rings is 1. The van der Waals surface area contributed by atoms with Gasteiger partial charge in [-0.05, 0) is 37.6 Å². The lowest BCUT2D eigenvalue weighted by Crippen LogP contribution is -2.33. The van der Waals surface area contributed by atoms with Crippen LogP contribution in [0.15, 0.2) is 42.5 Å². The van der Waals surface area contributed by atoms with Crippen LogP contribution in [0.3, 0.4) is 0 Å². The van der Waals surface area contributed by atoms with E-state index in [1.165, 1.54) is 0 Å². The molecule has 2 aromatic carbocycles. The summed E-state index contributed by atoms with van der Waals surface area (Å²) in [5, 5.41) is 2.83. The van der Waals surface area contributed by atoms with Gasteiger partial charge in [0, 0.05) is 19.5 Å². The fourth-order valence-corrected chi connectivity index (χ4v) is 3.63. The number of imide groups is 1. The van der Waals surface area contributed by atoms with Crippen LogP contribution in [-0.4, -0.2) is 38.7 Å². The molecule has 0 aliphatic carbocycles. The first-order valence-corrected chi connectivity index (χ1v) is 9.71. The van der Waals surface area contributed by atoms with Crippen molar-refractivity contribution in [1.82, 2.24) is 14.5 Å². The van der Waals surface area contributed by atoms with E-state index in [9.17, 15) is 14.4 Å². The van der Waals surface area contributed by atoms with Gasteiger partial charge in [0.15, 0.2) is 0 Å². The van der Waals surface area contributed by atoms with E-state index in [0.717, 1.165) is 34.5 Å². The summed E-state index contributed by atoms with van der Waals surface area (Å²) in [6.07, 6.45) is 0.914. The number of nitrogens with one attached hydrogen (secondary N) is 1. The Morgan fingerprint density at radius 2 is 1.79 bits per heavy atom.